The Balaban J connectivity index is 1.71. The van der Waals surface area contributed by atoms with Crippen LogP contribution < -0.4 is 4.90 Å². The largest absolute Gasteiger partial charge is 0.337 e. The summed E-state index contributed by atoms with van der Waals surface area (Å²) in [5.74, 6) is -0.0147. The van der Waals surface area contributed by atoms with E-state index in [9.17, 15) is 4.79 Å². The number of carbonyl (C=O) groups excluding carboxylic acids is 1. The number of amidine groups is 1. The van der Waals surface area contributed by atoms with Crippen molar-refractivity contribution >= 4 is 61.9 Å². The van der Waals surface area contributed by atoms with Crippen LogP contribution in [0.2, 0.25) is 0 Å². The predicted octanol–water partition coefficient (Wildman–Crippen LogP) is 5.36. The molecule has 4 nitrogen and oxygen atoms in total. The number of fused-ring (bicyclic) bond motifs is 1. The van der Waals surface area contributed by atoms with Crippen LogP contribution in [0.5, 0.6) is 0 Å². The fourth-order valence-electron chi connectivity index (χ4n) is 2.78. The molecule has 0 aromatic heterocycles. The maximum atomic E-state index is 12.8. The molecular formula is C19H16BrN3OS2. The highest BCUT2D eigenvalue weighted by Gasteiger charge is 2.37. The molecule has 0 unspecified atom stereocenters. The van der Waals surface area contributed by atoms with Crippen LogP contribution in [0.15, 0.2) is 66.8 Å². The molecule has 0 spiro atoms. The third-order valence-electron chi connectivity index (χ3n) is 4.23. The summed E-state index contributed by atoms with van der Waals surface area (Å²) in [6, 6.07) is 14.2. The summed E-state index contributed by atoms with van der Waals surface area (Å²) in [6.45, 7) is 2.04. The van der Waals surface area contributed by atoms with Gasteiger partial charge in [0, 0.05) is 23.5 Å². The van der Waals surface area contributed by atoms with Gasteiger partial charge in [-0.3, -0.25) is 9.69 Å². The number of halogens is 1. The van der Waals surface area contributed by atoms with Gasteiger partial charge in [0.15, 0.2) is 5.17 Å². The summed E-state index contributed by atoms with van der Waals surface area (Å²) in [6.07, 6.45) is 0. The number of likely N-dealkylation sites (N-methyl/N-ethyl adjacent to an activating group) is 1. The molecule has 1 amide bonds. The summed E-state index contributed by atoms with van der Waals surface area (Å²) in [7, 11) is 3.78. The maximum absolute atomic E-state index is 12.8. The Bertz CT molecular complexity index is 986. The van der Waals surface area contributed by atoms with Gasteiger partial charge in [0.1, 0.15) is 4.91 Å². The number of anilines is 1. The van der Waals surface area contributed by atoms with E-state index in [1.807, 2.05) is 44.3 Å². The zero-order valence-electron chi connectivity index (χ0n) is 14.5. The Labute approximate surface area is 169 Å². The third-order valence-corrected chi connectivity index (χ3v) is 7.35. The van der Waals surface area contributed by atoms with Gasteiger partial charge in [-0.15, -0.1) is 0 Å². The molecule has 7 heteroatoms. The maximum Gasteiger partial charge on any atom is 0.269 e. The van der Waals surface area contributed by atoms with Crippen molar-refractivity contribution in [2.45, 2.75) is 11.8 Å². The first-order valence-corrected chi connectivity index (χ1v) is 10.4. The van der Waals surface area contributed by atoms with E-state index < -0.39 is 0 Å². The van der Waals surface area contributed by atoms with Crippen molar-refractivity contribution in [2.75, 3.05) is 19.0 Å². The third kappa shape index (κ3) is 2.98. The second-order valence-electron chi connectivity index (χ2n) is 6.08. The summed E-state index contributed by atoms with van der Waals surface area (Å²) in [5, 5.41) is 1.65. The van der Waals surface area contributed by atoms with Crippen molar-refractivity contribution in [3.8, 4) is 0 Å². The van der Waals surface area contributed by atoms with Gasteiger partial charge in [-0.25, -0.2) is 4.99 Å². The van der Waals surface area contributed by atoms with Gasteiger partial charge in [0.05, 0.1) is 16.4 Å². The number of aliphatic imine (C=N–C) groups is 1. The average Bonchev–Trinajstić information content (AvgIpc) is 3.09. The highest BCUT2D eigenvalue weighted by molar-refractivity contribution is 9.10. The van der Waals surface area contributed by atoms with E-state index in [2.05, 4.69) is 33.0 Å². The quantitative estimate of drug-likeness (QED) is 0.553. The van der Waals surface area contributed by atoms with Crippen molar-refractivity contribution in [1.82, 2.24) is 4.90 Å². The Morgan fingerprint density at radius 3 is 2.54 bits per heavy atom. The Hall–Kier alpha value is -1.70. The second-order valence-corrected chi connectivity index (χ2v) is 8.94. The van der Waals surface area contributed by atoms with Crippen LogP contribution in [0.4, 0.5) is 11.4 Å². The molecule has 1 saturated heterocycles. The lowest BCUT2D eigenvalue weighted by molar-refractivity contribution is -0.121. The molecule has 26 heavy (non-hydrogen) atoms. The first-order chi connectivity index (χ1) is 12.5. The van der Waals surface area contributed by atoms with Gasteiger partial charge in [-0.2, -0.15) is 0 Å². The topological polar surface area (TPSA) is 35.9 Å². The zero-order valence-corrected chi connectivity index (χ0v) is 17.7. The van der Waals surface area contributed by atoms with Gasteiger partial charge < -0.3 is 4.90 Å². The van der Waals surface area contributed by atoms with Gasteiger partial charge in [0.2, 0.25) is 0 Å². The molecule has 2 heterocycles. The van der Waals surface area contributed by atoms with Crippen LogP contribution in [0.3, 0.4) is 0 Å². The molecule has 2 aliphatic rings. The lowest BCUT2D eigenvalue weighted by atomic mass is 10.2. The molecule has 0 N–H and O–H groups in total. The minimum Gasteiger partial charge on any atom is -0.337 e. The number of amides is 1. The van der Waals surface area contributed by atoms with E-state index in [4.69, 9.17) is 4.99 Å². The highest BCUT2D eigenvalue weighted by Crippen LogP contribution is 2.49. The summed E-state index contributed by atoms with van der Waals surface area (Å²) in [5.41, 5.74) is 3.11. The van der Waals surface area contributed by atoms with Crippen LogP contribution in [0.1, 0.15) is 5.56 Å². The van der Waals surface area contributed by atoms with Crippen LogP contribution in [-0.4, -0.2) is 30.1 Å². The molecule has 0 atom stereocenters. The van der Waals surface area contributed by atoms with Crippen molar-refractivity contribution in [3.63, 3.8) is 0 Å². The van der Waals surface area contributed by atoms with Gasteiger partial charge in [0.25, 0.3) is 5.91 Å². The van der Waals surface area contributed by atoms with E-state index in [0.29, 0.717) is 5.17 Å². The van der Waals surface area contributed by atoms with Gasteiger partial charge in [-0.05, 0) is 64.4 Å². The molecule has 0 radical (unpaired) electrons. The van der Waals surface area contributed by atoms with E-state index in [1.165, 1.54) is 16.7 Å². The number of hydrogen-bond donors (Lipinski definition) is 0. The average molecular weight is 446 g/mol. The number of thioether (sulfide) groups is 2. The fraction of sp³-hybridized carbons (Fsp3) is 0.158. The van der Waals surface area contributed by atoms with Crippen LogP contribution in [0, 0.1) is 6.92 Å². The summed E-state index contributed by atoms with van der Waals surface area (Å²) < 4.78 is 0.923. The van der Waals surface area contributed by atoms with E-state index in [-0.39, 0.29) is 5.91 Å². The Kier molecular flexibility index (Phi) is 4.62. The molecule has 1 fully saturated rings. The van der Waals surface area contributed by atoms with E-state index in [0.717, 1.165) is 31.3 Å². The van der Waals surface area contributed by atoms with Crippen LogP contribution in [-0.2, 0) is 4.79 Å². The number of hydrogen-bond acceptors (Lipinski definition) is 5. The first-order valence-electron chi connectivity index (χ1n) is 8.01. The number of rotatable bonds is 1. The molecule has 132 valence electrons. The van der Waals surface area contributed by atoms with Crippen molar-refractivity contribution < 1.29 is 4.79 Å². The standard InChI is InChI=1S/C19H16BrN3OS2/c1-11-8-9-13(12(20)10-11)21-19-23(3)17(24)16(26-19)18-22(2)14-6-4-5-7-15(14)25-18/h4-10H,1-3H3/b18-16-,21-19?. The molecule has 2 aromatic rings. The highest BCUT2D eigenvalue weighted by atomic mass is 79.9. The molecule has 0 saturated carbocycles. The smallest absolute Gasteiger partial charge is 0.269 e. The number of nitrogens with zero attached hydrogens (tertiary/aromatic N) is 3. The first kappa shape index (κ1) is 17.7. The SMILES string of the molecule is Cc1ccc(N=C2S/C(=C3\Sc4ccccc4N3C)C(=O)N2C)c(Br)c1. The minimum atomic E-state index is -0.0147. The fourth-order valence-corrected chi connectivity index (χ4v) is 5.69. The van der Waals surface area contributed by atoms with Crippen LogP contribution >= 0.6 is 39.5 Å². The summed E-state index contributed by atoms with van der Waals surface area (Å²) >= 11 is 6.62. The molecular weight excluding hydrogens is 430 g/mol. The molecule has 2 aromatic carbocycles. The van der Waals surface area contributed by atoms with Crippen molar-refractivity contribution in [1.29, 1.82) is 0 Å². The number of para-hydroxylation sites is 1. The number of benzene rings is 2. The number of carbonyl (C=O) groups is 1. The zero-order chi connectivity index (χ0) is 18.4. The van der Waals surface area contributed by atoms with E-state index in [1.54, 1.807) is 23.7 Å². The van der Waals surface area contributed by atoms with Crippen LogP contribution in [0.25, 0.3) is 0 Å². The Morgan fingerprint density at radius 1 is 1.04 bits per heavy atom. The lowest BCUT2D eigenvalue weighted by Gasteiger charge is -2.14. The monoisotopic (exact) mass is 445 g/mol. The van der Waals surface area contributed by atoms with Crippen molar-refractivity contribution in [2.24, 2.45) is 4.99 Å². The normalized spacial score (nSPS) is 21.1. The predicted molar refractivity (Wildman–Crippen MR) is 114 cm³/mol. The van der Waals surface area contributed by atoms with Crippen molar-refractivity contribution in [3.05, 3.63) is 62.4 Å². The van der Waals surface area contributed by atoms with Gasteiger partial charge >= 0.3 is 0 Å². The lowest BCUT2D eigenvalue weighted by Crippen LogP contribution is -2.24. The number of aryl methyl sites for hydroxylation is 1. The molecule has 4 rings (SSSR count). The van der Waals surface area contributed by atoms with E-state index >= 15 is 0 Å². The molecule has 0 bridgehead atoms. The minimum absolute atomic E-state index is 0.0147. The molecule has 2 aliphatic heterocycles. The molecule has 0 aliphatic carbocycles. The van der Waals surface area contributed by atoms with Gasteiger partial charge in [-0.1, -0.05) is 30.0 Å². The Morgan fingerprint density at radius 2 is 1.81 bits per heavy atom. The summed E-state index contributed by atoms with van der Waals surface area (Å²) in [4.78, 5) is 23.1. The second kappa shape index (κ2) is 6.79.